The monoisotopic (exact) mass is 244 g/mol. The minimum Gasteiger partial charge on any atom is -0.390 e. The Morgan fingerprint density at radius 3 is 2.44 bits per heavy atom. The Labute approximate surface area is 102 Å². The summed E-state index contributed by atoms with van der Waals surface area (Å²) in [5.41, 5.74) is 1.00. The van der Waals surface area contributed by atoms with Gasteiger partial charge in [0.2, 0.25) is 0 Å². The van der Waals surface area contributed by atoms with Gasteiger partial charge in [0.15, 0.2) is 0 Å². The molecule has 1 aromatic rings. The van der Waals surface area contributed by atoms with E-state index in [1.54, 1.807) is 4.68 Å². The zero-order valence-corrected chi connectivity index (χ0v) is 11.5. The predicted octanol–water partition coefficient (Wildman–Crippen LogP) is 2.72. The first-order valence-electron chi connectivity index (χ1n) is 5.63. The number of nitrogens with zero attached hydrogens (tertiary/aromatic N) is 2. The molecular formula is C12H21ClN2O. The third-order valence-corrected chi connectivity index (χ3v) is 3.15. The molecule has 1 atom stereocenters. The van der Waals surface area contributed by atoms with Crippen LogP contribution in [0.1, 0.15) is 38.6 Å². The van der Waals surface area contributed by atoms with Gasteiger partial charge in [-0.2, -0.15) is 5.10 Å². The average Bonchev–Trinajstić information content (AvgIpc) is 2.29. The van der Waals surface area contributed by atoms with E-state index in [-0.39, 0.29) is 0 Å². The maximum atomic E-state index is 10.3. The Bertz CT molecular complexity index is 369. The largest absolute Gasteiger partial charge is 0.390 e. The molecule has 0 spiro atoms. The normalized spacial score (nSPS) is 15.5. The van der Waals surface area contributed by atoms with Crippen molar-refractivity contribution in [3.63, 3.8) is 0 Å². The van der Waals surface area contributed by atoms with Crippen LogP contribution >= 0.6 is 11.6 Å². The molecule has 0 aliphatic rings. The molecule has 1 N–H and O–H groups in total. The highest BCUT2D eigenvalue weighted by molar-refractivity contribution is 6.31. The van der Waals surface area contributed by atoms with Crippen molar-refractivity contribution >= 4 is 11.6 Å². The molecule has 0 radical (unpaired) electrons. The van der Waals surface area contributed by atoms with E-state index in [4.69, 9.17) is 11.6 Å². The minimum absolute atomic E-state index is 0.461. The van der Waals surface area contributed by atoms with Crippen LogP contribution in [0.4, 0.5) is 0 Å². The van der Waals surface area contributed by atoms with E-state index in [2.05, 4.69) is 18.9 Å². The summed E-state index contributed by atoms with van der Waals surface area (Å²) in [5.74, 6) is 0.461. The van der Waals surface area contributed by atoms with Gasteiger partial charge in [0.1, 0.15) is 0 Å². The first-order valence-corrected chi connectivity index (χ1v) is 6.01. The average molecular weight is 245 g/mol. The van der Waals surface area contributed by atoms with Crippen molar-refractivity contribution < 1.29 is 5.11 Å². The molecule has 3 nitrogen and oxygen atoms in total. The molecule has 0 aromatic carbocycles. The molecule has 0 amide bonds. The number of aliphatic hydroxyl groups is 1. The number of aromatic nitrogens is 2. The highest BCUT2D eigenvalue weighted by Gasteiger charge is 2.26. The third-order valence-electron chi connectivity index (χ3n) is 2.66. The van der Waals surface area contributed by atoms with Crippen LogP contribution in [0.25, 0.3) is 0 Å². The molecule has 16 heavy (non-hydrogen) atoms. The van der Waals surface area contributed by atoms with Crippen molar-refractivity contribution in [1.82, 2.24) is 9.78 Å². The van der Waals surface area contributed by atoms with Crippen LogP contribution in [-0.4, -0.2) is 20.5 Å². The van der Waals surface area contributed by atoms with Crippen LogP contribution in [0.15, 0.2) is 0 Å². The van der Waals surface area contributed by atoms with E-state index in [1.165, 1.54) is 0 Å². The second kappa shape index (κ2) is 4.76. The van der Waals surface area contributed by atoms with Gasteiger partial charge in [-0.05, 0) is 26.2 Å². The number of aryl methyl sites for hydroxylation is 2. The Morgan fingerprint density at radius 2 is 2.06 bits per heavy atom. The van der Waals surface area contributed by atoms with Crippen LogP contribution in [0.3, 0.4) is 0 Å². The lowest BCUT2D eigenvalue weighted by molar-refractivity contribution is 0.0371. The second-order valence-electron chi connectivity index (χ2n) is 5.24. The molecule has 0 bridgehead atoms. The number of hydrogen-bond acceptors (Lipinski definition) is 2. The van der Waals surface area contributed by atoms with Gasteiger partial charge in [0, 0.05) is 13.5 Å². The molecule has 92 valence electrons. The molecule has 0 aliphatic heterocycles. The highest BCUT2D eigenvalue weighted by Crippen LogP contribution is 2.27. The van der Waals surface area contributed by atoms with Gasteiger partial charge in [-0.3, -0.25) is 4.68 Å². The maximum Gasteiger partial charge on any atom is 0.0848 e. The zero-order chi connectivity index (χ0) is 12.5. The van der Waals surface area contributed by atoms with E-state index in [0.29, 0.717) is 17.4 Å². The number of rotatable bonds is 4. The van der Waals surface area contributed by atoms with Gasteiger partial charge in [-0.1, -0.05) is 25.4 Å². The van der Waals surface area contributed by atoms with E-state index in [9.17, 15) is 5.11 Å². The molecule has 1 rings (SSSR count). The van der Waals surface area contributed by atoms with E-state index in [1.807, 2.05) is 20.9 Å². The Kier molecular flexibility index (Phi) is 4.02. The van der Waals surface area contributed by atoms with Gasteiger partial charge in [-0.15, -0.1) is 0 Å². The lowest BCUT2D eigenvalue weighted by Gasteiger charge is -2.25. The molecule has 1 aromatic heterocycles. The molecule has 1 unspecified atom stereocenters. The highest BCUT2D eigenvalue weighted by atomic mass is 35.5. The minimum atomic E-state index is -0.724. The van der Waals surface area contributed by atoms with Crippen LogP contribution < -0.4 is 0 Å². The van der Waals surface area contributed by atoms with Gasteiger partial charge >= 0.3 is 0 Å². The first-order chi connectivity index (χ1) is 7.23. The summed E-state index contributed by atoms with van der Waals surface area (Å²) in [6, 6.07) is 0. The summed E-state index contributed by atoms with van der Waals surface area (Å²) < 4.78 is 1.76. The SMILES string of the molecule is Cc1nn(C)c(CC(C)(O)CC(C)C)c1Cl. The van der Waals surface area contributed by atoms with Crippen molar-refractivity contribution in [1.29, 1.82) is 0 Å². The predicted molar refractivity (Wildman–Crippen MR) is 66.7 cm³/mol. The van der Waals surface area contributed by atoms with Crippen molar-refractivity contribution in [2.75, 3.05) is 0 Å². The Hall–Kier alpha value is -0.540. The summed E-state index contributed by atoms with van der Waals surface area (Å²) in [4.78, 5) is 0. The fourth-order valence-electron chi connectivity index (χ4n) is 2.18. The molecule has 1 heterocycles. The van der Waals surface area contributed by atoms with Crippen molar-refractivity contribution in [3.05, 3.63) is 16.4 Å². The molecule has 0 saturated heterocycles. The van der Waals surface area contributed by atoms with E-state index in [0.717, 1.165) is 17.8 Å². The van der Waals surface area contributed by atoms with Crippen LogP contribution in [0.5, 0.6) is 0 Å². The maximum absolute atomic E-state index is 10.3. The van der Waals surface area contributed by atoms with Gasteiger partial charge < -0.3 is 5.11 Å². The summed E-state index contributed by atoms with van der Waals surface area (Å²) in [6.45, 7) is 7.93. The lowest BCUT2D eigenvalue weighted by atomic mass is 9.90. The topological polar surface area (TPSA) is 38.0 Å². The van der Waals surface area contributed by atoms with Gasteiger partial charge in [-0.25, -0.2) is 0 Å². The smallest absolute Gasteiger partial charge is 0.0848 e. The molecule has 0 fully saturated rings. The molecule has 4 heteroatoms. The standard InChI is InChI=1S/C12H21ClN2O/c1-8(2)6-12(4,16)7-10-11(13)9(3)14-15(10)5/h8,16H,6-7H2,1-5H3. The quantitative estimate of drug-likeness (QED) is 0.885. The second-order valence-corrected chi connectivity index (χ2v) is 5.62. The summed E-state index contributed by atoms with van der Waals surface area (Å²) in [7, 11) is 1.86. The van der Waals surface area contributed by atoms with Crippen molar-refractivity contribution in [2.24, 2.45) is 13.0 Å². The number of hydrogen-bond donors (Lipinski definition) is 1. The van der Waals surface area contributed by atoms with Gasteiger partial charge in [0.25, 0.3) is 0 Å². The first kappa shape index (κ1) is 13.5. The summed E-state index contributed by atoms with van der Waals surface area (Å²) in [6.07, 6.45) is 1.30. The fraction of sp³-hybridized carbons (Fsp3) is 0.750. The number of halogens is 1. The van der Waals surface area contributed by atoms with Crippen LogP contribution in [0, 0.1) is 12.8 Å². The lowest BCUT2D eigenvalue weighted by Crippen LogP contribution is -2.30. The van der Waals surface area contributed by atoms with Crippen molar-refractivity contribution in [2.45, 2.75) is 46.1 Å². The van der Waals surface area contributed by atoms with E-state index >= 15 is 0 Å². The third kappa shape index (κ3) is 3.22. The van der Waals surface area contributed by atoms with Crippen molar-refractivity contribution in [3.8, 4) is 0 Å². The molecule has 0 saturated carbocycles. The molecule has 0 aliphatic carbocycles. The Balaban J connectivity index is 2.87. The van der Waals surface area contributed by atoms with Crippen LogP contribution in [-0.2, 0) is 13.5 Å². The summed E-state index contributed by atoms with van der Waals surface area (Å²) in [5, 5.41) is 15.2. The van der Waals surface area contributed by atoms with Gasteiger partial charge in [0.05, 0.1) is 22.0 Å². The van der Waals surface area contributed by atoms with Crippen LogP contribution in [0.2, 0.25) is 5.02 Å². The Morgan fingerprint density at radius 1 is 1.50 bits per heavy atom. The van der Waals surface area contributed by atoms with E-state index < -0.39 is 5.60 Å². The zero-order valence-electron chi connectivity index (χ0n) is 10.7. The summed E-state index contributed by atoms with van der Waals surface area (Å²) >= 11 is 6.16. The fourth-order valence-corrected chi connectivity index (χ4v) is 2.41. The molecular weight excluding hydrogens is 224 g/mol.